The highest BCUT2D eigenvalue weighted by Gasteiger charge is 2.22. The molecule has 0 aliphatic rings. The van der Waals surface area contributed by atoms with E-state index in [2.05, 4.69) is 10.0 Å². The van der Waals surface area contributed by atoms with Gasteiger partial charge in [0.05, 0.1) is 24.2 Å². The maximum atomic E-state index is 12.1. The van der Waals surface area contributed by atoms with Gasteiger partial charge in [-0.05, 0) is 6.07 Å². The summed E-state index contributed by atoms with van der Waals surface area (Å²) in [6.45, 7) is 1.01. The van der Waals surface area contributed by atoms with Crippen molar-refractivity contribution in [3.63, 3.8) is 0 Å². The van der Waals surface area contributed by atoms with Crippen LogP contribution >= 0.6 is 11.6 Å². The summed E-state index contributed by atoms with van der Waals surface area (Å²) in [5.74, 6) is -1.54. The van der Waals surface area contributed by atoms with E-state index >= 15 is 0 Å². The van der Waals surface area contributed by atoms with E-state index in [-0.39, 0.29) is 40.2 Å². The number of rotatable bonds is 7. The molecule has 122 valence electrons. The van der Waals surface area contributed by atoms with E-state index in [0.29, 0.717) is 0 Å². The van der Waals surface area contributed by atoms with Crippen LogP contribution in [0, 0.1) is 0 Å². The molecule has 0 saturated heterocycles. The summed E-state index contributed by atoms with van der Waals surface area (Å²) in [5, 5.41) is 11.0. The second kappa shape index (κ2) is 7.43. The zero-order valence-electron chi connectivity index (χ0n) is 11.8. The van der Waals surface area contributed by atoms with Crippen molar-refractivity contribution >= 4 is 39.2 Å². The van der Waals surface area contributed by atoms with E-state index < -0.39 is 16.0 Å². The highest BCUT2D eigenvalue weighted by molar-refractivity contribution is 7.89. The van der Waals surface area contributed by atoms with Crippen molar-refractivity contribution in [2.75, 3.05) is 19.0 Å². The van der Waals surface area contributed by atoms with Gasteiger partial charge in [-0.25, -0.2) is 13.1 Å². The number of carbonyl (C=O) groups excluding carboxylic acids is 1. The molecule has 22 heavy (non-hydrogen) atoms. The van der Waals surface area contributed by atoms with Crippen LogP contribution in [0.15, 0.2) is 17.0 Å². The number of halogens is 1. The van der Waals surface area contributed by atoms with Gasteiger partial charge in [0.15, 0.2) is 0 Å². The Morgan fingerprint density at radius 3 is 2.50 bits per heavy atom. The number of ether oxygens (including phenoxy) is 1. The van der Waals surface area contributed by atoms with Crippen LogP contribution in [-0.4, -0.2) is 39.1 Å². The fourth-order valence-electron chi connectivity index (χ4n) is 1.56. The number of nitrogens with one attached hydrogen (secondary N) is 2. The fraction of sp³-hybridized carbons (Fsp3) is 0.333. The predicted molar refractivity (Wildman–Crippen MR) is 79.7 cm³/mol. The lowest BCUT2D eigenvalue weighted by Gasteiger charge is -2.13. The first kappa shape index (κ1) is 18.2. The molecule has 0 radical (unpaired) electrons. The second-order valence-electron chi connectivity index (χ2n) is 4.21. The summed E-state index contributed by atoms with van der Waals surface area (Å²) in [7, 11) is -2.74. The predicted octanol–water partition coefficient (Wildman–Crippen LogP) is 1.06. The van der Waals surface area contributed by atoms with Crippen molar-refractivity contribution in [1.29, 1.82) is 0 Å². The van der Waals surface area contributed by atoms with Crippen molar-refractivity contribution in [3.8, 4) is 5.75 Å². The molecular formula is C12H15ClN2O6S. The summed E-state index contributed by atoms with van der Waals surface area (Å²) in [6.07, 6.45) is -0.362. The minimum absolute atomic E-state index is 0.00890. The van der Waals surface area contributed by atoms with Gasteiger partial charge in [-0.1, -0.05) is 11.6 Å². The highest BCUT2D eigenvalue weighted by atomic mass is 35.5. The van der Waals surface area contributed by atoms with Crippen molar-refractivity contribution in [3.05, 3.63) is 17.2 Å². The molecule has 0 aliphatic heterocycles. The molecule has 0 bridgehead atoms. The van der Waals surface area contributed by atoms with E-state index in [4.69, 9.17) is 21.4 Å². The lowest BCUT2D eigenvalue weighted by atomic mass is 10.3. The minimum Gasteiger partial charge on any atom is -0.495 e. The van der Waals surface area contributed by atoms with Gasteiger partial charge in [-0.3, -0.25) is 9.59 Å². The van der Waals surface area contributed by atoms with Gasteiger partial charge in [0.25, 0.3) is 0 Å². The number of hydrogen-bond donors (Lipinski definition) is 3. The average Bonchev–Trinajstić information content (AvgIpc) is 2.39. The van der Waals surface area contributed by atoms with Crippen LogP contribution in [0.5, 0.6) is 5.75 Å². The standard InChI is InChI=1S/C12H15ClN2O6S/c1-7(16)15-9-6-10(21-2)11(5-8(9)13)22(19,20)14-4-3-12(17)18/h5-6,14H,3-4H2,1-2H3,(H,15,16)(H,17,18). The van der Waals surface area contributed by atoms with Gasteiger partial charge < -0.3 is 15.2 Å². The average molecular weight is 351 g/mol. The van der Waals surface area contributed by atoms with Crippen LogP contribution in [0.1, 0.15) is 13.3 Å². The molecule has 0 aliphatic carbocycles. The first-order chi connectivity index (χ1) is 10.2. The van der Waals surface area contributed by atoms with Crippen molar-refractivity contribution in [2.45, 2.75) is 18.2 Å². The number of carboxylic acid groups (broad SMARTS) is 1. The van der Waals surface area contributed by atoms with Crippen LogP contribution in [-0.2, 0) is 19.6 Å². The Bertz CT molecular complexity index is 689. The number of anilines is 1. The third-order valence-corrected chi connectivity index (χ3v) is 4.28. The molecule has 0 saturated carbocycles. The third-order valence-electron chi connectivity index (χ3n) is 2.48. The molecule has 0 fully saturated rings. The molecule has 0 aromatic heterocycles. The molecule has 8 nitrogen and oxygen atoms in total. The zero-order valence-corrected chi connectivity index (χ0v) is 13.4. The SMILES string of the molecule is COc1cc(NC(C)=O)c(Cl)cc1S(=O)(=O)NCCC(=O)O. The van der Waals surface area contributed by atoms with Gasteiger partial charge in [0.1, 0.15) is 10.6 Å². The highest BCUT2D eigenvalue weighted by Crippen LogP contribution is 2.33. The van der Waals surface area contributed by atoms with Crippen LogP contribution < -0.4 is 14.8 Å². The van der Waals surface area contributed by atoms with Gasteiger partial charge in [-0.2, -0.15) is 0 Å². The van der Waals surface area contributed by atoms with E-state index in [9.17, 15) is 18.0 Å². The number of sulfonamides is 1. The number of hydrogen-bond acceptors (Lipinski definition) is 5. The smallest absolute Gasteiger partial charge is 0.304 e. The Balaban J connectivity index is 3.15. The molecule has 10 heteroatoms. The van der Waals surface area contributed by atoms with E-state index in [1.54, 1.807) is 0 Å². The minimum atomic E-state index is -4.00. The molecule has 0 atom stereocenters. The number of amides is 1. The van der Waals surface area contributed by atoms with Gasteiger partial charge >= 0.3 is 5.97 Å². The topological polar surface area (TPSA) is 122 Å². The second-order valence-corrected chi connectivity index (χ2v) is 6.35. The lowest BCUT2D eigenvalue weighted by Crippen LogP contribution is -2.26. The molecule has 0 heterocycles. The maximum absolute atomic E-state index is 12.1. The molecule has 1 rings (SSSR count). The Morgan fingerprint density at radius 1 is 1.36 bits per heavy atom. The fourth-order valence-corrected chi connectivity index (χ4v) is 3.04. The quantitative estimate of drug-likeness (QED) is 0.676. The molecule has 1 aromatic rings. The molecule has 0 spiro atoms. The van der Waals surface area contributed by atoms with Crippen LogP contribution in [0.3, 0.4) is 0 Å². The first-order valence-corrected chi connectivity index (χ1v) is 7.90. The molecular weight excluding hydrogens is 336 g/mol. The number of benzene rings is 1. The normalized spacial score (nSPS) is 11.0. The van der Waals surface area contributed by atoms with E-state index in [0.717, 1.165) is 6.07 Å². The van der Waals surface area contributed by atoms with Gasteiger partial charge in [0, 0.05) is 19.5 Å². The zero-order chi connectivity index (χ0) is 16.9. The molecule has 1 amide bonds. The summed E-state index contributed by atoms with van der Waals surface area (Å²) >= 11 is 5.94. The van der Waals surface area contributed by atoms with Crippen LogP contribution in [0.4, 0.5) is 5.69 Å². The molecule has 0 unspecified atom stereocenters. The number of aliphatic carboxylic acids is 1. The van der Waals surface area contributed by atoms with Gasteiger partial charge in [0.2, 0.25) is 15.9 Å². The van der Waals surface area contributed by atoms with Gasteiger partial charge in [-0.15, -0.1) is 0 Å². The summed E-state index contributed by atoms with van der Waals surface area (Å²) < 4.78 is 31.4. The third kappa shape index (κ3) is 4.86. The Hall–Kier alpha value is -1.84. The number of carbonyl (C=O) groups is 2. The largest absolute Gasteiger partial charge is 0.495 e. The summed E-state index contributed by atoms with van der Waals surface area (Å²) in [4.78, 5) is 21.2. The number of carboxylic acids is 1. The first-order valence-electron chi connectivity index (χ1n) is 6.04. The monoisotopic (exact) mass is 350 g/mol. The maximum Gasteiger partial charge on any atom is 0.304 e. The van der Waals surface area contributed by atoms with Crippen LogP contribution in [0.2, 0.25) is 5.02 Å². The van der Waals surface area contributed by atoms with Crippen molar-refractivity contribution in [1.82, 2.24) is 4.72 Å². The molecule has 3 N–H and O–H groups in total. The Morgan fingerprint density at radius 2 is 2.00 bits per heavy atom. The summed E-state index contributed by atoms with van der Waals surface area (Å²) in [6, 6.07) is 2.39. The van der Waals surface area contributed by atoms with Crippen LogP contribution in [0.25, 0.3) is 0 Å². The van der Waals surface area contributed by atoms with E-state index in [1.807, 2.05) is 0 Å². The lowest BCUT2D eigenvalue weighted by molar-refractivity contribution is -0.136. The molecule has 1 aromatic carbocycles. The van der Waals surface area contributed by atoms with Crippen molar-refractivity contribution < 1.29 is 27.9 Å². The Kier molecular flexibility index (Phi) is 6.15. The number of methoxy groups -OCH3 is 1. The van der Waals surface area contributed by atoms with Crippen molar-refractivity contribution in [2.24, 2.45) is 0 Å². The van der Waals surface area contributed by atoms with E-state index in [1.165, 1.54) is 20.1 Å². The summed E-state index contributed by atoms with van der Waals surface area (Å²) in [5.41, 5.74) is 0.204. The Labute approximate surface area is 132 Å².